The Hall–Kier alpha value is -2.35. The molecule has 0 aliphatic carbocycles. The van der Waals surface area contributed by atoms with Crippen LogP contribution in [0.2, 0.25) is 0 Å². The number of benzene rings is 1. The van der Waals surface area contributed by atoms with Crippen LogP contribution in [0, 0.1) is 18.7 Å². The third-order valence-corrected chi connectivity index (χ3v) is 5.68. The Balaban J connectivity index is 1.38. The van der Waals surface area contributed by atoms with E-state index in [0.29, 0.717) is 18.9 Å². The average Bonchev–Trinajstić information content (AvgIpc) is 2.87. The highest BCUT2D eigenvalue weighted by molar-refractivity contribution is 5.76. The first-order valence-corrected chi connectivity index (χ1v) is 9.57. The van der Waals surface area contributed by atoms with Gasteiger partial charge in [0.05, 0.1) is 6.54 Å². The summed E-state index contributed by atoms with van der Waals surface area (Å²) in [7, 11) is 0. The van der Waals surface area contributed by atoms with Crippen molar-refractivity contribution >= 4 is 5.91 Å². The van der Waals surface area contributed by atoms with Crippen LogP contribution in [0.4, 0.5) is 4.39 Å². The van der Waals surface area contributed by atoms with Crippen molar-refractivity contribution in [2.45, 2.75) is 45.3 Å². The molecule has 3 saturated heterocycles. The summed E-state index contributed by atoms with van der Waals surface area (Å²) in [5.41, 5.74) is 1.12. The number of hydrogen-bond acceptors (Lipinski definition) is 5. The Morgan fingerprint density at radius 1 is 1.19 bits per heavy atom. The maximum Gasteiger partial charge on any atom is 0.224 e. The molecule has 1 aromatic heterocycles. The number of aryl methyl sites for hydroxylation is 2. The zero-order chi connectivity index (χ0) is 18.8. The van der Waals surface area contributed by atoms with Gasteiger partial charge in [0.2, 0.25) is 5.91 Å². The molecule has 3 aliphatic rings. The fraction of sp³-hybridized carbons (Fsp3) is 0.579. The Morgan fingerprint density at radius 3 is 2.74 bits per heavy atom. The van der Waals surface area contributed by atoms with Gasteiger partial charge >= 0.3 is 0 Å². The summed E-state index contributed by atoms with van der Waals surface area (Å²) in [6, 6.07) is 6.97. The molecule has 4 heterocycles. The van der Waals surface area contributed by atoms with E-state index in [4.69, 9.17) is 0 Å². The lowest BCUT2D eigenvalue weighted by Crippen LogP contribution is -2.47. The van der Waals surface area contributed by atoms with Gasteiger partial charge in [0.1, 0.15) is 11.6 Å². The summed E-state index contributed by atoms with van der Waals surface area (Å²) in [5, 5.41) is 11.4. The number of amides is 1. The third-order valence-electron chi connectivity index (χ3n) is 5.68. The van der Waals surface area contributed by atoms with Gasteiger partial charge in [0, 0.05) is 38.6 Å². The second kappa shape index (κ2) is 7.72. The molecule has 7 nitrogen and oxygen atoms in total. The standard InChI is InChI=1S/C19H25FN6O/c1-14-21-22-23-26(14)9-8-19(27)25-12-16-4-7-18(25)13-24(11-16)10-15-2-5-17(20)6-3-15/h2-3,5-6,16,18H,4,7-13H2,1H3/t16-,18+/m1/s1. The molecule has 27 heavy (non-hydrogen) atoms. The minimum atomic E-state index is -0.204. The molecular formula is C19H25FN6O. The number of halogens is 1. The van der Waals surface area contributed by atoms with Crippen LogP contribution in [0.25, 0.3) is 0 Å². The van der Waals surface area contributed by atoms with Gasteiger partial charge in [-0.05, 0) is 53.8 Å². The number of fused-ring (bicyclic) bond motifs is 4. The number of rotatable bonds is 5. The third kappa shape index (κ3) is 4.16. The Kier molecular flexibility index (Phi) is 5.15. The van der Waals surface area contributed by atoms with Crippen molar-refractivity contribution in [3.05, 3.63) is 41.5 Å². The van der Waals surface area contributed by atoms with E-state index in [1.54, 1.807) is 4.68 Å². The van der Waals surface area contributed by atoms with Crippen LogP contribution >= 0.6 is 0 Å². The molecular weight excluding hydrogens is 347 g/mol. The predicted molar refractivity (Wildman–Crippen MR) is 97.1 cm³/mol. The number of hydrogen-bond donors (Lipinski definition) is 0. The van der Waals surface area contributed by atoms with E-state index in [9.17, 15) is 9.18 Å². The molecule has 8 heteroatoms. The Labute approximate surface area is 158 Å². The van der Waals surface area contributed by atoms with Gasteiger partial charge in [0.25, 0.3) is 0 Å². The summed E-state index contributed by atoms with van der Waals surface area (Å²) < 4.78 is 14.8. The van der Waals surface area contributed by atoms with E-state index in [2.05, 4.69) is 25.3 Å². The minimum Gasteiger partial charge on any atom is -0.338 e. The average molecular weight is 372 g/mol. The highest BCUT2D eigenvalue weighted by Crippen LogP contribution is 2.29. The predicted octanol–water partition coefficient (Wildman–Crippen LogP) is 1.63. The lowest BCUT2D eigenvalue weighted by molar-refractivity contribution is -0.135. The Bertz CT molecular complexity index is 792. The van der Waals surface area contributed by atoms with Crippen molar-refractivity contribution in [2.75, 3.05) is 19.6 Å². The van der Waals surface area contributed by atoms with Crippen LogP contribution in [0.15, 0.2) is 24.3 Å². The topological polar surface area (TPSA) is 67.2 Å². The monoisotopic (exact) mass is 372 g/mol. The molecule has 0 spiro atoms. The molecule has 0 N–H and O–H groups in total. The highest BCUT2D eigenvalue weighted by atomic mass is 19.1. The molecule has 2 aromatic rings. The number of piperidine rings is 1. The van der Waals surface area contributed by atoms with E-state index in [1.165, 1.54) is 18.6 Å². The van der Waals surface area contributed by atoms with Gasteiger partial charge in [-0.3, -0.25) is 9.69 Å². The fourth-order valence-electron chi connectivity index (χ4n) is 4.26. The van der Waals surface area contributed by atoms with Crippen LogP contribution in [0.3, 0.4) is 0 Å². The normalized spacial score (nSPS) is 22.8. The fourth-order valence-corrected chi connectivity index (χ4v) is 4.26. The van der Waals surface area contributed by atoms with Crippen LogP contribution in [-0.2, 0) is 17.9 Å². The highest BCUT2D eigenvalue weighted by Gasteiger charge is 2.36. The summed E-state index contributed by atoms with van der Waals surface area (Å²) in [4.78, 5) is 17.3. The number of carbonyl (C=O) groups is 1. The van der Waals surface area contributed by atoms with E-state index in [0.717, 1.165) is 44.0 Å². The van der Waals surface area contributed by atoms with Crippen LogP contribution in [0.5, 0.6) is 0 Å². The van der Waals surface area contributed by atoms with Crippen LogP contribution < -0.4 is 0 Å². The van der Waals surface area contributed by atoms with Crippen molar-refractivity contribution < 1.29 is 9.18 Å². The molecule has 1 amide bonds. The summed E-state index contributed by atoms with van der Waals surface area (Å²) in [5.74, 6) is 1.21. The zero-order valence-corrected chi connectivity index (χ0v) is 15.6. The number of nitrogens with zero attached hydrogens (tertiary/aromatic N) is 6. The van der Waals surface area contributed by atoms with Gasteiger partial charge in [-0.25, -0.2) is 9.07 Å². The van der Waals surface area contributed by atoms with E-state index in [1.807, 2.05) is 19.1 Å². The van der Waals surface area contributed by atoms with Gasteiger partial charge in [-0.15, -0.1) is 5.10 Å². The molecule has 2 atom stereocenters. The van der Waals surface area contributed by atoms with Gasteiger partial charge < -0.3 is 4.90 Å². The second-order valence-corrected chi connectivity index (χ2v) is 7.66. The van der Waals surface area contributed by atoms with Crippen molar-refractivity contribution in [1.82, 2.24) is 30.0 Å². The van der Waals surface area contributed by atoms with Gasteiger partial charge in [-0.1, -0.05) is 12.1 Å². The van der Waals surface area contributed by atoms with Crippen LogP contribution in [-0.4, -0.2) is 61.6 Å². The van der Waals surface area contributed by atoms with E-state index in [-0.39, 0.29) is 17.8 Å². The number of tetrazole rings is 1. The second-order valence-electron chi connectivity index (χ2n) is 7.66. The zero-order valence-electron chi connectivity index (χ0n) is 15.6. The molecule has 2 bridgehead atoms. The van der Waals surface area contributed by atoms with E-state index < -0.39 is 0 Å². The van der Waals surface area contributed by atoms with Crippen molar-refractivity contribution in [3.8, 4) is 0 Å². The molecule has 0 radical (unpaired) electrons. The maximum atomic E-state index is 13.1. The first-order chi connectivity index (χ1) is 13.1. The summed E-state index contributed by atoms with van der Waals surface area (Å²) in [6.45, 7) is 5.86. The molecule has 0 unspecified atom stereocenters. The smallest absolute Gasteiger partial charge is 0.224 e. The molecule has 1 aromatic carbocycles. The van der Waals surface area contributed by atoms with E-state index >= 15 is 0 Å². The van der Waals surface area contributed by atoms with Crippen molar-refractivity contribution in [3.63, 3.8) is 0 Å². The summed E-state index contributed by atoms with van der Waals surface area (Å²) in [6.07, 6.45) is 2.65. The van der Waals surface area contributed by atoms with Crippen molar-refractivity contribution in [2.24, 2.45) is 5.92 Å². The first kappa shape index (κ1) is 18.0. The lowest BCUT2D eigenvalue weighted by Gasteiger charge is -2.36. The SMILES string of the molecule is Cc1nnnn1CCC(=O)N1C[C@@H]2CC[C@H]1CN(Cc1ccc(F)cc1)C2. The van der Waals surface area contributed by atoms with Crippen LogP contribution in [0.1, 0.15) is 30.7 Å². The lowest BCUT2D eigenvalue weighted by atomic mass is 9.94. The van der Waals surface area contributed by atoms with Gasteiger partial charge in [0.15, 0.2) is 0 Å². The molecule has 5 rings (SSSR count). The number of carbonyl (C=O) groups excluding carboxylic acids is 1. The molecule has 0 saturated carbocycles. The minimum absolute atomic E-state index is 0.184. The quantitative estimate of drug-likeness (QED) is 0.798. The molecule has 3 fully saturated rings. The Morgan fingerprint density at radius 2 is 2.00 bits per heavy atom. The maximum absolute atomic E-state index is 13.1. The molecule has 144 valence electrons. The summed E-state index contributed by atoms with van der Waals surface area (Å²) >= 11 is 0. The van der Waals surface area contributed by atoms with Crippen molar-refractivity contribution in [1.29, 1.82) is 0 Å². The molecule has 3 aliphatic heterocycles. The largest absolute Gasteiger partial charge is 0.338 e. The van der Waals surface area contributed by atoms with Gasteiger partial charge in [-0.2, -0.15) is 0 Å². The first-order valence-electron chi connectivity index (χ1n) is 9.57. The number of aromatic nitrogens is 4.